The minimum atomic E-state index is -0.411. The zero-order valence-electron chi connectivity index (χ0n) is 15.4. The maximum Gasteiger partial charge on any atom is 0.316 e. The van der Waals surface area contributed by atoms with E-state index >= 15 is 0 Å². The van der Waals surface area contributed by atoms with Gasteiger partial charge in [0.25, 0.3) is 11.8 Å². The average Bonchev–Trinajstić information content (AvgIpc) is 2.72. The van der Waals surface area contributed by atoms with Gasteiger partial charge in [0, 0.05) is 42.7 Å². The predicted octanol–water partition coefficient (Wildman–Crippen LogP) is 1.02. The molecule has 0 radical (unpaired) electrons. The standard InChI is InChI=1S/C20H22N4O4/c25-18-15-5-1-3-14-4-2-6-16(17(14)15)19(26)24(18)13-22-20(27)21-7-8-23-9-11-28-12-10-23/h1-6H,7-13H2,(H2,21,22,27). The van der Waals surface area contributed by atoms with Gasteiger partial charge in [-0.1, -0.05) is 24.3 Å². The van der Waals surface area contributed by atoms with Crippen LogP contribution in [0.3, 0.4) is 0 Å². The van der Waals surface area contributed by atoms with Crippen molar-refractivity contribution in [1.82, 2.24) is 20.4 Å². The van der Waals surface area contributed by atoms with Crippen LogP contribution >= 0.6 is 0 Å². The largest absolute Gasteiger partial charge is 0.379 e. The number of nitrogens with one attached hydrogen (secondary N) is 2. The first-order valence-electron chi connectivity index (χ1n) is 9.35. The fraction of sp³-hybridized carbons (Fsp3) is 0.350. The number of benzene rings is 2. The summed E-state index contributed by atoms with van der Waals surface area (Å²) in [6.07, 6.45) is 0. The minimum Gasteiger partial charge on any atom is -0.379 e. The van der Waals surface area contributed by atoms with Crippen LogP contribution in [0.25, 0.3) is 10.8 Å². The summed E-state index contributed by atoms with van der Waals surface area (Å²) >= 11 is 0. The number of nitrogens with zero attached hydrogens (tertiary/aromatic N) is 2. The molecule has 1 fully saturated rings. The molecule has 2 aliphatic rings. The maximum absolute atomic E-state index is 12.8. The smallest absolute Gasteiger partial charge is 0.316 e. The lowest BCUT2D eigenvalue weighted by atomic mass is 9.94. The molecule has 2 aliphatic heterocycles. The number of carbonyl (C=O) groups excluding carboxylic acids is 3. The molecular weight excluding hydrogens is 360 g/mol. The van der Waals surface area contributed by atoms with Crippen molar-refractivity contribution >= 4 is 28.6 Å². The van der Waals surface area contributed by atoms with Crippen LogP contribution in [0.1, 0.15) is 20.7 Å². The Kier molecular flexibility index (Phi) is 5.23. The number of imide groups is 1. The summed E-state index contributed by atoms with van der Waals surface area (Å²) in [5.74, 6) is -0.800. The Morgan fingerprint density at radius 2 is 1.61 bits per heavy atom. The summed E-state index contributed by atoms with van der Waals surface area (Å²) < 4.78 is 5.29. The van der Waals surface area contributed by atoms with E-state index < -0.39 is 17.8 Å². The Labute approximate surface area is 162 Å². The molecule has 0 aliphatic carbocycles. The van der Waals surface area contributed by atoms with Crippen LogP contribution in [0, 0.1) is 0 Å². The Hall–Kier alpha value is -2.97. The van der Waals surface area contributed by atoms with Crippen LogP contribution in [0.15, 0.2) is 36.4 Å². The van der Waals surface area contributed by atoms with Crippen molar-refractivity contribution in [2.75, 3.05) is 46.1 Å². The molecule has 2 aromatic rings. The van der Waals surface area contributed by atoms with E-state index in [4.69, 9.17) is 4.74 Å². The van der Waals surface area contributed by atoms with Crippen LogP contribution in [-0.2, 0) is 4.74 Å². The van der Waals surface area contributed by atoms with Gasteiger partial charge in [-0.15, -0.1) is 0 Å². The molecule has 8 nitrogen and oxygen atoms in total. The van der Waals surface area contributed by atoms with E-state index in [1.165, 1.54) is 0 Å². The van der Waals surface area contributed by atoms with E-state index in [1.807, 2.05) is 12.1 Å². The van der Waals surface area contributed by atoms with Crippen molar-refractivity contribution in [1.29, 1.82) is 0 Å². The topological polar surface area (TPSA) is 91.0 Å². The second kappa shape index (κ2) is 7.95. The van der Waals surface area contributed by atoms with Gasteiger partial charge in [0.1, 0.15) is 6.67 Å². The Morgan fingerprint density at radius 1 is 0.964 bits per heavy atom. The summed E-state index contributed by atoms with van der Waals surface area (Å²) in [5.41, 5.74) is 0.949. The molecule has 2 heterocycles. The number of amides is 4. The van der Waals surface area contributed by atoms with Crippen molar-refractivity contribution in [2.24, 2.45) is 0 Å². The zero-order valence-corrected chi connectivity index (χ0v) is 15.4. The molecule has 4 amide bonds. The van der Waals surface area contributed by atoms with E-state index in [0.29, 0.717) is 36.3 Å². The molecule has 2 aromatic carbocycles. The molecule has 0 aromatic heterocycles. The minimum absolute atomic E-state index is 0.175. The van der Waals surface area contributed by atoms with Gasteiger partial charge in [-0.3, -0.25) is 19.4 Å². The van der Waals surface area contributed by atoms with E-state index in [9.17, 15) is 14.4 Å². The highest BCUT2D eigenvalue weighted by Crippen LogP contribution is 2.29. The highest BCUT2D eigenvalue weighted by Gasteiger charge is 2.32. The van der Waals surface area contributed by atoms with Crippen LogP contribution < -0.4 is 10.6 Å². The summed E-state index contributed by atoms with van der Waals surface area (Å²) in [7, 11) is 0. The van der Waals surface area contributed by atoms with Gasteiger partial charge in [0.15, 0.2) is 0 Å². The molecule has 0 saturated carbocycles. The SMILES string of the molecule is O=C(NCCN1CCOCC1)NCN1C(=O)c2cccc3cccc(c23)C1=O. The van der Waals surface area contributed by atoms with Crippen LogP contribution in [-0.4, -0.2) is 73.7 Å². The third-order valence-electron chi connectivity index (χ3n) is 5.07. The number of morpholine rings is 1. The number of urea groups is 1. The van der Waals surface area contributed by atoms with Crippen molar-refractivity contribution in [3.05, 3.63) is 47.5 Å². The third-order valence-corrected chi connectivity index (χ3v) is 5.07. The van der Waals surface area contributed by atoms with Gasteiger partial charge >= 0.3 is 6.03 Å². The van der Waals surface area contributed by atoms with Gasteiger partial charge in [-0.25, -0.2) is 4.79 Å². The fourth-order valence-electron chi connectivity index (χ4n) is 3.59. The van der Waals surface area contributed by atoms with Gasteiger partial charge in [0.05, 0.1) is 13.2 Å². The van der Waals surface area contributed by atoms with Crippen molar-refractivity contribution in [3.8, 4) is 0 Å². The number of rotatable bonds is 5. The van der Waals surface area contributed by atoms with Crippen molar-refractivity contribution < 1.29 is 19.1 Å². The number of ether oxygens (including phenoxy) is 1. The Bertz CT molecular complexity index is 873. The molecular formula is C20H22N4O4. The summed E-state index contributed by atoms with van der Waals surface area (Å²) in [5, 5.41) is 6.89. The van der Waals surface area contributed by atoms with Crippen LogP contribution in [0.5, 0.6) is 0 Å². The molecule has 0 spiro atoms. The lowest BCUT2D eigenvalue weighted by molar-refractivity contribution is 0.0387. The first kappa shape index (κ1) is 18.4. The summed E-state index contributed by atoms with van der Waals surface area (Å²) in [6.45, 7) is 4.16. The van der Waals surface area contributed by atoms with Gasteiger partial charge < -0.3 is 15.4 Å². The van der Waals surface area contributed by atoms with Crippen LogP contribution in [0.4, 0.5) is 4.79 Å². The van der Waals surface area contributed by atoms with Crippen molar-refractivity contribution in [3.63, 3.8) is 0 Å². The zero-order chi connectivity index (χ0) is 19.5. The van der Waals surface area contributed by atoms with E-state index in [1.54, 1.807) is 24.3 Å². The second-order valence-electron chi connectivity index (χ2n) is 6.79. The van der Waals surface area contributed by atoms with E-state index in [-0.39, 0.29) is 6.67 Å². The third kappa shape index (κ3) is 3.56. The molecule has 4 rings (SSSR count). The summed E-state index contributed by atoms with van der Waals surface area (Å²) in [6, 6.07) is 10.3. The highest BCUT2D eigenvalue weighted by molar-refractivity contribution is 6.25. The van der Waals surface area contributed by atoms with Gasteiger partial charge in [-0.05, 0) is 17.5 Å². The number of carbonyl (C=O) groups is 3. The monoisotopic (exact) mass is 382 g/mol. The maximum atomic E-state index is 12.8. The number of hydrogen-bond donors (Lipinski definition) is 2. The highest BCUT2D eigenvalue weighted by atomic mass is 16.5. The first-order chi connectivity index (χ1) is 13.6. The van der Waals surface area contributed by atoms with Crippen LogP contribution in [0.2, 0.25) is 0 Å². The quantitative estimate of drug-likeness (QED) is 0.754. The second-order valence-corrected chi connectivity index (χ2v) is 6.79. The molecule has 0 atom stereocenters. The van der Waals surface area contributed by atoms with Gasteiger partial charge in [0.2, 0.25) is 0 Å². The predicted molar refractivity (Wildman–Crippen MR) is 103 cm³/mol. The summed E-state index contributed by atoms with van der Waals surface area (Å²) in [4.78, 5) is 40.9. The fourth-order valence-corrected chi connectivity index (χ4v) is 3.59. The lowest BCUT2D eigenvalue weighted by Gasteiger charge is -2.28. The molecule has 146 valence electrons. The van der Waals surface area contributed by atoms with E-state index in [2.05, 4.69) is 15.5 Å². The first-order valence-corrected chi connectivity index (χ1v) is 9.35. The molecule has 2 N–H and O–H groups in total. The molecule has 1 saturated heterocycles. The molecule has 8 heteroatoms. The normalized spacial score (nSPS) is 17.1. The Morgan fingerprint density at radius 3 is 2.25 bits per heavy atom. The van der Waals surface area contributed by atoms with Crippen molar-refractivity contribution in [2.45, 2.75) is 0 Å². The molecule has 0 unspecified atom stereocenters. The lowest BCUT2D eigenvalue weighted by Crippen LogP contribution is -2.50. The molecule has 0 bridgehead atoms. The average molecular weight is 382 g/mol. The van der Waals surface area contributed by atoms with E-state index in [0.717, 1.165) is 29.9 Å². The molecule has 28 heavy (non-hydrogen) atoms. The van der Waals surface area contributed by atoms with Gasteiger partial charge in [-0.2, -0.15) is 0 Å². The Balaban J connectivity index is 1.35. The number of hydrogen-bond acceptors (Lipinski definition) is 5.